The van der Waals surface area contributed by atoms with E-state index in [4.69, 9.17) is 0 Å². The van der Waals surface area contributed by atoms with Gasteiger partial charge in [0.15, 0.2) is 0 Å². The second kappa shape index (κ2) is 5.20. The van der Waals surface area contributed by atoms with Gasteiger partial charge in [0.05, 0.1) is 5.69 Å². The Morgan fingerprint density at radius 3 is 2.85 bits per heavy atom. The Labute approximate surface area is 122 Å². The van der Waals surface area contributed by atoms with E-state index >= 15 is 0 Å². The lowest BCUT2D eigenvalue weighted by Gasteiger charge is -2.20. The maximum Gasteiger partial charge on any atom is 0.271 e. The molecule has 0 aliphatic carbocycles. The van der Waals surface area contributed by atoms with Crippen molar-refractivity contribution < 1.29 is 8.42 Å². The zero-order valence-corrected chi connectivity index (χ0v) is 12.8. The minimum absolute atomic E-state index is 0.358. The summed E-state index contributed by atoms with van der Waals surface area (Å²) in [4.78, 5) is 0.988. The van der Waals surface area contributed by atoms with Gasteiger partial charge in [0, 0.05) is 11.4 Å². The van der Waals surface area contributed by atoms with Crippen LogP contribution in [0, 0.1) is 6.92 Å². The van der Waals surface area contributed by atoms with E-state index in [0.29, 0.717) is 16.4 Å². The molecule has 1 aliphatic heterocycles. The minimum Gasteiger partial charge on any atom is -0.312 e. The molecule has 0 spiro atoms. The highest BCUT2D eigenvalue weighted by Crippen LogP contribution is 2.27. The Morgan fingerprint density at radius 2 is 2.10 bits per heavy atom. The molecule has 0 bridgehead atoms. The van der Waals surface area contributed by atoms with Gasteiger partial charge in [-0.3, -0.25) is 4.72 Å². The summed E-state index contributed by atoms with van der Waals surface area (Å²) < 4.78 is 27.8. The summed E-state index contributed by atoms with van der Waals surface area (Å²) in [6, 6.07) is 9.26. The van der Waals surface area contributed by atoms with Gasteiger partial charge in [0.2, 0.25) is 0 Å². The van der Waals surface area contributed by atoms with Crippen molar-refractivity contribution in [3.05, 3.63) is 46.3 Å². The maximum absolute atomic E-state index is 12.4. The molecule has 20 heavy (non-hydrogen) atoms. The quantitative estimate of drug-likeness (QED) is 0.916. The van der Waals surface area contributed by atoms with Gasteiger partial charge in [0.1, 0.15) is 4.21 Å². The van der Waals surface area contributed by atoms with E-state index in [-0.39, 0.29) is 0 Å². The Morgan fingerprint density at radius 1 is 1.25 bits per heavy atom. The van der Waals surface area contributed by atoms with Crippen LogP contribution in [0.25, 0.3) is 0 Å². The maximum atomic E-state index is 12.4. The zero-order chi connectivity index (χ0) is 14.2. The van der Waals surface area contributed by atoms with E-state index in [1.807, 2.05) is 25.1 Å². The molecule has 4 nitrogen and oxygen atoms in total. The number of nitrogens with one attached hydrogen (secondary N) is 2. The molecule has 1 aromatic carbocycles. The number of hydrogen-bond acceptors (Lipinski definition) is 4. The fourth-order valence-electron chi connectivity index (χ4n) is 2.36. The molecule has 2 N–H and O–H groups in total. The molecule has 0 amide bonds. The highest BCUT2D eigenvalue weighted by molar-refractivity contribution is 7.94. The van der Waals surface area contributed by atoms with Crippen molar-refractivity contribution in [3.63, 3.8) is 0 Å². The Balaban J connectivity index is 1.95. The molecule has 0 saturated heterocycles. The molecule has 3 rings (SSSR count). The molecule has 2 aromatic rings. The molecule has 0 radical (unpaired) electrons. The van der Waals surface area contributed by atoms with Gasteiger partial charge < -0.3 is 5.32 Å². The minimum atomic E-state index is -3.49. The normalized spacial score (nSPS) is 14.8. The number of benzene rings is 1. The average molecular weight is 308 g/mol. The van der Waals surface area contributed by atoms with E-state index in [9.17, 15) is 8.42 Å². The first-order valence-electron chi connectivity index (χ1n) is 6.47. The molecule has 6 heteroatoms. The molecular weight excluding hydrogens is 292 g/mol. The van der Waals surface area contributed by atoms with Crippen LogP contribution in [0.1, 0.15) is 16.0 Å². The molecule has 1 aliphatic rings. The third-order valence-electron chi connectivity index (χ3n) is 3.37. The van der Waals surface area contributed by atoms with Gasteiger partial charge in [-0.1, -0.05) is 12.1 Å². The van der Waals surface area contributed by atoms with Crippen molar-refractivity contribution in [1.82, 2.24) is 5.32 Å². The topological polar surface area (TPSA) is 58.2 Å². The lowest BCUT2D eigenvalue weighted by molar-refractivity contribution is 0.602. The predicted octanol–water partition coefficient (Wildman–Crippen LogP) is 2.50. The van der Waals surface area contributed by atoms with Crippen molar-refractivity contribution in [2.24, 2.45) is 0 Å². The van der Waals surface area contributed by atoms with E-state index in [1.165, 1.54) is 16.9 Å². The fourth-order valence-corrected chi connectivity index (χ4v) is 4.74. The van der Waals surface area contributed by atoms with Crippen LogP contribution in [-0.4, -0.2) is 15.0 Å². The van der Waals surface area contributed by atoms with Gasteiger partial charge in [-0.2, -0.15) is 0 Å². The van der Waals surface area contributed by atoms with Crippen molar-refractivity contribution >= 4 is 27.0 Å². The van der Waals surface area contributed by atoms with E-state index in [2.05, 4.69) is 16.1 Å². The third kappa shape index (κ3) is 2.59. The van der Waals surface area contributed by atoms with Crippen LogP contribution in [0.5, 0.6) is 0 Å². The van der Waals surface area contributed by atoms with Crippen molar-refractivity contribution in [3.8, 4) is 0 Å². The first kappa shape index (κ1) is 13.6. The SMILES string of the molecule is Cc1ccc(S(=O)(=O)Nc2cccc3c2CNCC3)s1. The van der Waals surface area contributed by atoms with Gasteiger partial charge in [-0.15, -0.1) is 11.3 Å². The first-order valence-corrected chi connectivity index (χ1v) is 8.77. The van der Waals surface area contributed by atoms with E-state index in [1.54, 1.807) is 6.07 Å². The summed E-state index contributed by atoms with van der Waals surface area (Å²) in [5, 5.41) is 3.28. The Bertz CT molecular complexity index is 735. The van der Waals surface area contributed by atoms with Crippen LogP contribution in [-0.2, 0) is 23.0 Å². The lowest BCUT2D eigenvalue weighted by Crippen LogP contribution is -2.25. The number of thiophene rings is 1. The van der Waals surface area contributed by atoms with Gasteiger partial charge in [-0.05, 0) is 49.2 Å². The number of aryl methyl sites for hydroxylation is 1. The van der Waals surface area contributed by atoms with Crippen LogP contribution < -0.4 is 10.0 Å². The van der Waals surface area contributed by atoms with Gasteiger partial charge >= 0.3 is 0 Å². The summed E-state index contributed by atoms with van der Waals surface area (Å²) >= 11 is 1.29. The number of hydrogen-bond donors (Lipinski definition) is 2. The summed E-state index contributed by atoms with van der Waals surface area (Å²) in [5.41, 5.74) is 2.95. The molecule has 1 aromatic heterocycles. The number of rotatable bonds is 3. The van der Waals surface area contributed by atoms with Crippen molar-refractivity contribution in [2.45, 2.75) is 24.1 Å². The first-order chi connectivity index (χ1) is 9.56. The van der Waals surface area contributed by atoms with Crippen molar-refractivity contribution in [2.75, 3.05) is 11.3 Å². The van der Waals surface area contributed by atoms with Crippen LogP contribution in [0.4, 0.5) is 5.69 Å². The van der Waals surface area contributed by atoms with Crippen molar-refractivity contribution in [1.29, 1.82) is 0 Å². The number of anilines is 1. The smallest absolute Gasteiger partial charge is 0.271 e. The van der Waals surface area contributed by atoms with Gasteiger partial charge in [-0.25, -0.2) is 8.42 Å². The van der Waals surface area contributed by atoms with E-state index in [0.717, 1.165) is 23.4 Å². The zero-order valence-electron chi connectivity index (χ0n) is 11.1. The Kier molecular flexibility index (Phi) is 3.54. The second-order valence-electron chi connectivity index (χ2n) is 4.84. The number of sulfonamides is 1. The standard InChI is InChI=1S/C14H16N2O2S2/c1-10-5-6-14(19-10)20(17,18)16-13-4-2-3-11-7-8-15-9-12(11)13/h2-6,15-16H,7-9H2,1H3. The highest BCUT2D eigenvalue weighted by atomic mass is 32.2. The second-order valence-corrected chi connectivity index (χ2v) is 8.04. The Hall–Kier alpha value is -1.37. The summed E-state index contributed by atoms with van der Waals surface area (Å²) in [6.07, 6.45) is 0.934. The average Bonchev–Trinajstić information content (AvgIpc) is 2.86. The molecular formula is C14H16N2O2S2. The van der Waals surface area contributed by atoms with Crippen LogP contribution in [0.3, 0.4) is 0 Å². The summed E-state index contributed by atoms with van der Waals surface area (Å²) in [7, 11) is -3.49. The molecule has 0 unspecified atom stereocenters. The molecule has 106 valence electrons. The predicted molar refractivity (Wildman–Crippen MR) is 81.7 cm³/mol. The monoisotopic (exact) mass is 308 g/mol. The van der Waals surface area contributed by atoms with Crippen LogP contribution in [0.15, 0.2) is 34.5 Å². The van der Waals surface area contributed by atoms with Gasteiger partial charge in [0.25, 0.3) is 10.0 Å². The largest absolute Gasteiger partial charge is 0.312 e. The molecule has 0 fully saturated rings. The van der Waals surface area contributed by atoms with E-state index < -0.39 is 10.0 Å². The van der Waals surface area contributed by atoms with Crippen LogP contribution in [0.2, 0.25) is 0 Å². The highest BCUT2D eigenvalue weighted by Gasteiger charge is 2.20. The molecule has 0 saturated carbocycles. The fraction of sp³-hybridized carbons (Fsp3) is 0.286. The summed E-state index contributed by atoms with van der Waals surface area (Å²) in [5.74, 6) is 0. The third-order valence-corrected chi connectivity index (χ3v) is 6.23. The lowest BCUT2D eigenvalue weighted by atomic mass is 10.00. The summed E-state index contributed by atoms with van der Waals surface area (Å²) in [6.45, 7) is 3.54. The molecule has 0 atom stereocenters. The number of fused-ring (bicyclic) bond motifs is 1. The van der Waals surface area contributed by atoms with Crippen LogP contribution >= 0.6 is 11.3 Å². The molecule has 2 heterocycles.